The van der Waals surface area contributed by atoms with Crippen LogP contribution >= 0.6 is 0 Å². The number of hydrogen-bond acceptors (Lipinski definition) is 2. The molecule has 1 aromatic rings. The summed E-state index contributed by atoms with van der Waals surface area (Å²) in [7, 11) is 0. The highest BCUT2D eigenvalue weighted by Gasteiger charge is 2.09. The van der Waals surface area contributed by atoms with Gasteiger partial charge in [0.1, 0.15) is 5.76 Å². The lowest BCUT2D eigenvalue weighted by Gasteiger charge is -2.02. The minimum atomic E-state index is 0.0474. The summed E-state index contributed by atoms with van der Waals surface area (Å²) in [6, 6.07) is 3.63. The first kappa shape index (κ1) is 9.78. The van der Waals surface area contributed by atoms with Crippen molar-refractivity contribution in [2.24, 2.45) is 5.92 Å². The van der Waals surface area contributed by atoms with Gasteiger partial charge in [0.25, 0.3) is 0 Å². The predicted octanol–water partition coefficient (Wildman–Crippen LogP) is 2.91. The van der Waals surface area contributed by atoms with E-state index in [9.17, 15) is 4.79 Å². The zero-order chi connectivity index (χ0) is 9.84. The maximum absolute atomic E-state index is 11.5. The second kappa shape index (κ2) is 4.08. The first-order chi connectivity index (χ1) is 6.11. The van der Waals surface area contributed by atoms with Crippen LogP contribution in [0.4, 0.5) is 0 Å². The highest BCUT2D eigenvalue weighted by atomic mass is 16.3. The number of Topliss-reactive ketones (excluding diaryl/α,β-unsaturated/α-hetero) is 1. The summed E-state index contributed by atoms with van der Waals surface area (Å²) in [6.45, 7) is 5.59. The minimum Gasteiger partial charge on any atom is -0.465 e. The van der Waals surface area contributed by atoms with Gasteiger partial charge in [-0.05, 0) is 30.7 Å². The summed E-state index contributed by atoms with van der Waals surface area (Å²) in [4.78, 5) is 11.5. The fourth-order valence-electron chi connectivity index (χ4n) is 1.11. The van der Waals surface area contributed by atoms with Crippen LogP contribution in [-0.4, -0.2) is 5.78 Å². The quantitative estimate of drug-likeness (QED) is 0.666. The molecule has 0 bridgehead atoms. The molecule has 1 rings (SSSR count). The predicted molar refractivity (Wildman–Crippen MR) is 52.2 cm³/mol. The van der Waals surface area contributed by atoms with Gasteiger partial charge in [0, 0.05) is 5.92 Å². The molecule has 0 saturated heterocycles. The zero-order valence-corrected chi connectivity index (χ0v) is 8.20. The molecular formula is C11H14O2. The van der Waals surface area contributed by atoms with Gasteiger partial charge in [-0.2, -0.15) is 0 Å². The molecule has 1 aromatic heterocycles. The van der Waals surface area contributed by atoms with E-state index in [-0.39, 0.29) is 11.7 Å². The molecule has 0 aliphatic heterocycles. The highest BCUT2D eigenvalue weighted by Crippen LogP contribution is 2.11. The van der Waals surface area contributed by atoms with Gasteiger partial charge in [0.15, 0.2) is 5.78 Å². The van der Waals surface area contributed by atoms with Gasteiger partial charge in [-0.1, -0.05) is 13.8 Å². The van der Waals surface area contributed by atoms with E-state index in [1.165, 1.54) is 0 Å². The van der Waals surface area contributed by atoms with Crippen molar-refractivity contribution in [3.63, 3.8) is 0 Å². The lowest BCUT2D eigenvalue weighted by atomic mass is 10.0. The summed E-state index contributed by atoms with van der Waals surface area (Å²) >= 11 is 0. The fraction of sp³-hybridized carbons (Fsp3) is 0.364. The molecule has 0 aliphatic rings. The summed E-state index contributed by atoms with van der Waals surface area (Å²) in [5.41, 5.74) is 0.741. The summed E-state index contributed by atoms with van der Waals surface area (Å²) in [6.07, 6.45) is 3.36. The van der Waals surface area contributed by atoms with Gasteiger partial charge in [0.2, 0.25) is 0 Å². The Labute approximate surface area is 78.3 Å². The van der Waals surface area contributed by atoms with Crippen molar-refractivity contribution in [1.82, 2.24) is 0 Å². The first-order valence-electron chi connectivity index (χ1n) is 4.37. The maximum atomic E-state index is 11.5. The maximum Gasteiger partial charge on any atom is 0.161 e. The van der Waals surface area contributed by atoms with Crippen LogP contribution in [0.2, 0.25) is 0 Å². The lowest BCUT2D eigenvalue weighted by molar-refractivity contribution is -0.118. The number of carbonyl (C=O) groups is 1. The van der Waals surface area contributed by atoms with Crippen molar-refractivity contribution in [1.29, 1.82) is 0 Å². The normalized spacial score (nSPS) is 12.2. The molecule has 0 amide bonds. The van der Waals surface area contributed by atoms with E-state index < -0.39 is 0 Å². The van der Waals surface area contributed by atoms with Gasteiger partial charge >= 0.3 is 0 Å². The second-order valence-corrected chi connectivity index (χ2v) is 3.36. The van der Waals surface area contributed by atoms with Crippen LogP contribution < -0.4 is 0 Å². The third-order valence-electron chi connectivity index (χ3n) is 1.81. The highest BCUT2D eigenvalue weighted by molar-refractivity contribution is 5.99. The number of carbonyl (C=O) groups excluding carboxylic acids is 1. The van der Waals surface area contributed by atoms with Crippen LogP contribution in [0.3, 0.4) is 0 Å². The van der Waals surface area contributed by atoms with Crippen LogP contribution in [0.15, 0.2) is 28.4 Å². The molecule has 0 fully saturated rings. The number of hydrogen-bond donors (Lipinski definition) is 0. The van der Waals surface area contributed by atoms with Crippen molar-refractivity contribution in [2.45, 2.75) is 20.8 Å². The molecule has 2 nitrogen and oxygen atoms in total. The van der Waals surface area contributed by atoms with E-state index >= 15 is 0 Å². The topological polar surface area (TPSA) is 30.2 Å². The van der Waals surface area contributed by atoms with E-state index in [4.69, 9.17) is 4.42 Å². The monoisotopic (exact) mass is 178 g/mol. The molecule has 13 heavy (non-hydrogen) atoms. The van der Waals surface area contributed by atoms with Gasteiger partial charge < -0.3 is 4.42 Å². The molecule has 2 heteroatoms. The Morgan fingerprint density at radius 3 is 2.69 bits per heavy atom. The Balaban J connectivity index is 2.78. The molecule has 70 valence electrons. The van der Waals surface area contributed by atoms with Gasteiger partial charge in [-0.25, -0.2) is 0 Å². The summed E-state index contributed by atoms with van der Waals surface area (Å²) < 4.78 is 5.11. The average Bonchev–Trinajstić information content (AvgIpc) is 2.55. The van der Waals surface area contributed by atoms with E-state index in [0.29, 0.717) is 0 Å². The second-order valence-electron chi connectivity index (χ2n) is 3.36. The zero-order valence-electron chi connectivity index (χ0n) is 8.20. The molecule has 0 aliphatic carbocycles. The Kier molecular flexibility index (Phi) is 3.07. The van der Waals surface area contributed by atoms with Gasteiger partial charge in [-0.3, -0.25) is 4.79 Å². The molecule has 0 unspecified atom stereocenters. The summed E-state index contributed by atoms with van der Waals surface area (Å²) in [5, 5.41) is 0. The largest absolute Gasteiger partial charge is 0.465 e. The van der Waals surface area contributed by atoms with Crippen molar-refractivity contribution in [2.75, 3.05) is 0 Å². The molecule has 0 N–H and O–H groups in total. The van der Waals surface area contributed by atoms with Crippen LogP contribution in [0.1, 0.15) is 26.5 Å². The van der Waals surface area contributed by atoms with Crippen molar-refractivity contribution >= 4 is 11.9 Å². The number of ketones is 1. The van der Waals surface area contributed by atoms with Crippen LogP contribution in [0.5, 0.6) is 0 Å². The molecular weight excluding hydrogens is 164 g/mol. The third kappa shape index (κ3) is 2.58. The van der Waals surface area contributed by atoms with Gasteiger partial charge in [-0.15, -0.1) is 0 Å². The summed E-state index contributed by atoms with van der Waals surface area (Å²) in [5.74, 6) is 0.939. The van der Waals surface area contributed by atoms with Crippen LogP contribution in [0, 0.1) is 5.92 Å². The molecule has 0 radical (unpaired) electrons. The van der Waals surface area contributed by atoms with Crippen molar-refractivity contribution in [3.8, 4) is 0 Å². The molecule has 0 aromatic carbocycles. The van der Waals surface area contributed by atoms with E-state index in [1.54, 1.807) is 18.4 Å². The SMILES string of the molecule is C/C(=C\c1ccco1)C(=O)C(C)C. The molecule has 0 saturated carbocycles. The minimum absolute atomic E-state index is 0.0474. The van der Waals surface area contributed by atoms with Crippen molar-refractivity contribution < 1.29 is 9.21 Å². The van der Waals surface area contributed by atoms with E-state index in [2.05, 4.69) is 0 Å². The van der Waals surface area contributed by atoms with Crippen LogP contribution in [-0.2, 0) is 4.79 Å². The Hall–Kier alpha value is -1.31. The Bertz CT molecular complexity index is 305. The third-order valence-corrected chi connectivity index (χ3v) is 1.81. The van der Waals surface area contributed by atoms with E-state index in [1.807, 2.05) is 26.8 Å². The molecule has 0 atom stereocenters. The Morgan fingerprint density at radius 2 is 2.23 bits per heavy atom. The van der Waals surface area contributed by atoms with Crippen molar-refractivity contribution in [3.05, 3.63) is 29.7 Å². The first-order valence-corrected chi connectivity index (χ1v) is 4.37. The lowest BCUT2D eigenvalue weighted by Crippen LogP contribution is -2.07. The Morgan fingerprint density at radius 1 is 1.54 bits per heavy atom. The number of furan rings is 1. The van der Waals surface area contributed by atoms with Crippen LogP contribution in [0.25, 0.3) is 6.08 Å². The number of rotatable bonds is 3. The number of allylic oxidation sites excluding steroid dienone is 1. The molecule has 0 spiro atoms. The molecule has 1 heterocycles. The smallest absolute Gasteiger partial charge is 0.161 e. The van der Waals surface area contributed by atoms with Gasteiger partial charge in [0.05, 0.1) is 6.26 Å². The standard InChI is InChI=1S/C11H14O2/c1-8(2)11(12)9(3)7-10-5-4-6-13-10/h4-8H,1-3H3/b9-7+. The average molecular weight is 178 g/mol. The van der Waals surface area contributed by atoms with E-state index in [0.717, 1.165) is 11.3 Å². The fourth-order valence-corrected chi connectivity index (χ4v) is 1.11.